The van der Waals surface area contributed by atoms with Crippen molar-refractivity contribution >= 4 is 79.9 Å². The van der Waals surface area contributed by atoms with E-state index < -0.39 is 0 Å². The Morgan fingerprint density at radius 2 is 2.00 bits per heavy atom. The number of alkyl halides is 3. The molecule has 0 fully saturated rings. The van der Waals surface area contributed by atoms with Gasteiger partial charge in [0.15, 0.2) is 0 Å². The first-order valence-corrected chi connectivity index (χ1v) is 10.9. The minimum absolute atomic E-state index is 0.203. The van der Waals surface area contributed by atoms with Crippen molar-refractivity contribution < 1.29 is 4.74 Å². The number of hydrogen-bond acceptors (Lipinski definition) is 4. The zero-order valence-electron chi connectivity index (χ0n) is 14.1. The third-order valence-electron chi connectivity index (χ3n) is 3.44. The minimum atomic E-state index is -0.324. The predicted octanol–water partition coefficient (Wildman–Crippen LogP) is 4.98. The van der Waals surface area contributed by atoms with E-state index in [0.717, 1.165) is 11.3 Å². The molecule has 0 unspecified atom stereocenters. The number of benzene rings is 1. The van der Waals surface area contributed by atoms with Crippen molar-refractivity contribution in [2.24, 2.45) is 0 Å². The third kappa shape index (κ3) is 6.60. The molecule has 0 aliphatic rings. The number of rotatable bonds is 8. The summed E-state index contributed by atoms with van der Waals surface area (Å²) in [6.07, 6.45) is 3.07. The second kappa shape index (κ2) is 9.64. The topological polar surface area (TPSA) is 58.2 Å². The molecule has 2 aromatic rings. The Morgan fingerprint density at radius 1 is 1.27 bits per heavy atom. The molecule has 1 N–H and O–H groups in total. The first kappa shape index (κ1) is 21.8. The summed E-state index contributed by atoms with van der Waals surface area (Å²) in [5, 5.41) is 0. The van der Waals surface area contributed by atoms with Crippen LogP contribution in [0.15, 0.2) is 42.2 Å². The van der Waals surface area contributed by atoms with Crippen molar-refractivity contribution in [2.45, 2.75) is 12.7 Å². The van der Waals surface area contributed by atoms with Crippen LogP contribution in [0.1, 0.15) is 22.6 Å². The lowest BCUT2D eigenvalue weighted by Crippen LogP contribution is -2.23. The molecule has 1 aromatic heterocycles. The molecule has 0 saturated heterocycles. The number of aromatic nitrogens is 2. The van der Waals surface area contributed by atoms with Crippen LogP contribution in [0.2, 0.25) is 0 Å². The maximum atomic E-state index is 12.1. The highest BCUT2D eigenvalue weighted by atomic mass is 127. The fourth-order valence-corrected chi connectivity index (χ4v) is 3.20. The van der Waals surface area contributed by atoms with Gasteiger partial charge in [0.05, 0.1) is 17.8 Å². The molecule has 8 heteroatoms. The molecule has 0 aliphatic carbocycles. The molecule has 1 heterocycles. The summed E-state index contributed by atoms with van der Waals surface area (Å²) < 4.78 is 5.55. The second-order valence-corrected chi connectivity index (χ2v) is 16.3. The van der Waals surface area contributed by atoms with E-state index in [1.807, 2.05) is 31.3 Å². The van der Waals surface area contributed by atoms with Gasteiger partial charge in [-0.05, 0) is 98.6 Å². The van der Waals surface area contributed by atoms with Crippen LogP contribution >= 0.6 is 67.8 Å². The lowest BCUT2D eigenvalue weighted by Gasteiger charge is -2.19. The molecule has 26 heavy (non-hydrogen) atoms. The Hall–Kier alpha value is -0.470. The highest BCUT2D eigenvalue weighted by Gasteiger charge is 2.19. The minimum Gasteiger partial charge on any atom is -0.459 e. The molecule has 1 aromatic carbocycles. The number of aromatic amines is 1. The van der Waals surface area contributed by atoms with Gasteiger partial charge in [0, 0.05) is 6.54 Å². The van der Waals surface area contributed by atoms with E-state index in [0.29, 0.717) is 30.2 Å². The normalized spacial score (nSPS) is 11.4. The van der Waals surface area contributed by atoms with Crippen LogP contribution in [0.5, 0.6) is 5.75 Å². The van der Waals surface area contributed by atoms with E-state index in [2.05, 4.69) is 95.8 Å². The van der Waals surface area contributed by atoms with E-state index in [1.165, 1.54) is 6.08 Å². The highest BCUT2D eigenvalue weighted by Crippen LogP contribution is 2.37. The summed E-state index contributed by atoms with van der Waals surface area (Å²) >= 11 is 6.69. The monoisotopic (exact) mass is 689 g/mol. The molecule has 0 saturated carbocycles. The van der Waals surface area contributed by atoms with Crippen molar-refractivity contribution in [3.8, 4) is 5.75 Å². The lowest BCUT2D eigenvalue weighted by molar-refractivity contribution is 0.309. The Morgan fingerprint density at radius 3 is 2.62 bits per heavy atom. The van der Waals surface area contributed by atoms with Crippen LogP contribution < -0.4 is 10.3 Å². The van der Waals surface area contributed by atoms with Gasteiger partial charge in [0.25, 0.3) is 5.18 Å². The van der Waals surface area contributed by atoms with Gasteiger partial charge in [-0.25, -0.2) is 4.98 Å². The number of H-pyrrole nitrogens is 1. The SMILES string of the molecule is C=Cc1nc(CN(C)Cc2cccc(OC(I)(I)I)c2)[nH]c(=O)c1C=C. The standard InChI is InChI=1S/C18H18I3N3O2/c1-4-14-15(5-2)22-16(23-17(14)25)11-24(3)10-12-7-6-8-13(9-12)26-18(19,20)21/h4-9H,1-2,10-11H2,3H3,(H,22,23,25). The highest BCUT2D eigenvalue weighted by molar-refractivity contribution is 14.3. The number of halogens is 3. The Kier molecular flexibility index (Phi) is 8.09. The van der Waals surface area contributed by atoms with Crippen LogP contribution in [-0.2, 0) is 13.1 Å². The van der Waals surface area contributed by atoms with E-state index in [-0.39, 0.29) is 5.18 Å². The summed E-state index contributed by atoms with van der Waals surface area (Å²) in [7, 11) is 1.97. The summed E-state index contributed by atoms with van der Waals surface area (Å²) in [5.41, 5.74) is 1.90. The maximum Gasteiger partial charge on any atom is 0.258 e. The molecule has 0 atom stereocenters. The predicted molar refractivity (Wildman–Crippen MR) is 132 cm³/mol. The average molecular weight is 689 g/mol. The molecule has 0 spiro atoms. The maximum absolute atomic E-state index is 12.1. The average Bonchev–Trinajstić information content (AvgIpc) is 2.52. The van der Waals surface area contributed by atoms with Crippen LogP contribution in [0, 0.1) is 0 Å². The van der Waals surface area contributed by atoms with Crippen molar-refractivity contribution in [2.75, 3.05) is 7.05 Å². The number of nitrogens with zero attached hydrogens (tertiary/aromatic N) is 2. The van der Waals surface area contributed by atoms with Gasteiger partial charge >= 0.3 is 0 Å². The zero-order valence-corrected chi connectivity index (χ0v) is 20.6. The molecule has 2 rings (SSSR count). The second-order valence-electron chi connectivity index (χ2n) is 5.59. The van der Waals surface area contributed by atoms with E-state index in [1.54, 1.807) is 6.08 Å². The quantitative estimate of drug-likeness (QED) is 0.314. The summed E-state index contributed by atoms with van der Waals surface area (Å²) in [5.74, 6) is 1.42. The fourth-order valence-electron chi connectivity index (χ4n) is 2.44. The van der Waals surface area contributed by atoms with E-state index in [9.17, 15) is 4.79 Å². The third-order valence-corrected chi connectivity index (χ3v) is 4.10. The molecular weight excluding hydrogens is 671 g/mol. The lowest BCUT2D eigenvalue weighted by atomic mass is 10.2. The largest absolute Gasteiger partial charge is 0.459 e. The van der Waals surface area contributed by atoms with E-state index >= 15 is 0 Å². The Bertz CT molecular complexity index is 859. The van der Waals surface area contributed by atoms with Gasteiger partial charge < -0.3 is 9.72 Å². The molecular formula is C18H18I3N3O2. The summed E-state index contributed by atoms with van der Waals surface area (Å²) in [4.78, 5) is 21.5. The first-order valence-electron chi connectivity index (χ1n) is 7.63. The number of hydrogen-bond donors (Lipinski definition) is 1. The van der Waals surface area contributed by atoms with Crippen molar-refractivity contribution in [3.05, 3.63) is 70.4 Å². The van der Waals surface area contributed by atoms with Crippen LogP contribution in [0.25, 0.3) is 12.2 Å². The molecule has 0 radical (unpaired) electrons. The van der Waals surface area contributed by atoms with Crippen molar-refractivity contribution in [1.29, 1.82) is 0 Å². The number of ether oxygens (including phenoxy) is 1. The molecule has 0 amide bonds. The van der Waals surface area contributed by atoms with Gasteiger partial charge in [0.1, 0.15) is 11.6 Å². The fraction of sp³-hybridized carbons (Fsp3) is 0.222. The summed E-state index contributed by atoms with van der Waals surface area (Å²) in [6, 6.07) is 7.98. The van der Waals surface area contributed by atoms with Gasteiger partial charge in [-0.3, -0.25) is 9.69 Å². The Balaban J connectivity index is 2.12. The molecule has 0 aliphatic heterocycles. The number of nitrogens with one attached hydrogen (secondary N) is 1. The Labute approximate surface area is 193 Å². The zero-order chi connectivity index (χ0) is 19.3. The van der Waals surface area contributed by atoms with Gasteiger partial charge in [-0.2, -0.15) is 0 Å². The van der Waals surface area contributed by atoms with Gasteiger partial charge in [0.2, 0.25) is 0 Å². The van der Waals surface area contributed by atoms with Crippen LogP contribution in [-0.4, -0.2) is 21.5 Å². The molecule has 0 bridgehead atoms. The van der Waals surface area contributed by atoms with E-state index in [4.69, 9.17) is 4.74 Å². The molecule has 138 valence electrons. The van der Waals surface area contributed by atoms with Crippen LogP contribution in [0.4, 0.5) is 0 Å². The van der Waals surface area contributed by atoms with Gasteiger partial charge in [-0.1, -0.05) is 31.4 Å². The van der Waals surface area contributed by atoms with Crippen molar-refractivity contribution in [3.63, 3.8) is 0 Å². The first-order chi connectivity index (χ1) is 12.2. The van der Waals surface area contributed by atoms with Crippen LogP contribution in [0.3, 0.4) is 0 Å². The molecule has 5 nitrogen and oxygen atoms in total. The van der Waals surface area contributed by atoms with Gasteiger partial charge in [-0.15, -0.1) is 0 Å². The van der Waals surface area contributed by atoms with Crippen molar-refractivity contribution in [1.82, 2.24) is 14.9 Å². The smallest absolute Gasteiger partial charge is 0.258 e. The summed E-state index contributed by atoms with van der Waals surface area (Å²) in [6.45, 7) is 8.57.